The molecule has 1 amide bonds. The molecule has 0 bridgehead atoms. The SMILES string of the molecule is CCc1onc(C)c1-c1cccc(C2CCN(C(=O)Cn3ccnc3C)CC2)n1. The van der Waals surface area contributed by atoms with Gasteiger partial charge in [0.1, 0.15) is 18.1 Å². The smallest absolute Gasteiger partial charge is 0.242 e. The van der Waals surface area contributed by atoms with E-state index in [1.807, 2.05) is 35.6 Å². The van der Waals surface area contributed by atoms with E-state index in [-0.39, 0.29) is 5.91 Å². The molecule has 152 valence electrons. The van der Waals surface area contributed by atoms with E-state index in [1.54, 1.807) is 6.20 Å². The molecule has 0 radical (unpaired) electrons. The standard InChI is InChI=1S/C22H27N5O2/c1-4-20-22(15(2)25-29-20)19-7-5-6-18(24-19)17-8-11-26(12-9-17)21(28)14-27-13-10-23-16(27)3/h5-7,10,13,17H,4,8-9,11-12,14H2,1-3H3. The van der Waals surface area contributed by atoms with Gasteiger partial charge in [0.15, 0.2) is 0 Å². The summed E-state index contributed by atoms with van der Waals surface area (Å²) >= 11 is 0. The van der Waals surface area contributed by atoms with Gasteiger partial charge in [0.05, 0.1) is 17.0 Å². The number of aryl methyl sites for hydroxylation is 3. The summed E-state index contributed by atoms with van der Waals surface area (Å²) in [5.74, 6) is 2.25. The van der Waals surface area contributed by atoms with Crippen molar-refractivity contribution >= 4 is 5.91 Å². The molecule has 0 saturated carbocycles. The molecule has 1 aliphatic rings. The highest BCUT2D eigenvalue weighted by Crippen LogP contribution is 2.31. The molecule has 1 fully saturated rings. The average Bonchev–Trinajstić information content (AvgIpc) is 3.33. The third-order valence-electron chi connectivity index (χ3n) is 5.78. The Bertz CT molecular complexity index is 998. The molecule has 1 aliphatic heterocycles. The minimum absolute atomic E-state index is 0.152. The Balaban J connectivity index is 1.43. The largest absolute Gasteiger partial charge is 0.360 e. The molecule has 1 saturated heterocycles. The van der Waals surface area contributed by atoms with E-state index in [9.17, 15) is 4.79 Å². The highest BCUT2D eigenvalue weighted by atomic mass is 16.5. The van der Waals surface area contributed by atoms with Gasteiger partial charge >= 0.3 is 0 Å². The van der Waals surface area contributed by atoms with Crippen LogP contribution in [0.4, 0.5) is 0 Å². The zero-order valence-electron chi connectivity index (χ0n) is 17.3. The number of pyridine rings is 1. The fourth-order valence-electron chi connectivity index (χ4n) is 4.05. The Morgan fingerprint density at radius 3 is 2.72 bits per heavy atom. The van der Waals surface area contributed by atoms with Gasteiger partial charge in [-0.2, -0.15) is 0 Å². The number of nitrogens with zero attached hydrogens (tertiary/aromatic N) is 5. The maximum atomic E-state index is 12.6. The number of hydrogen-bond acceptors (Lipinski definition) is 5. The summed E-state index contributed by atoms with van der Waals surface area (Å²) in [6.45, 7) is 7.81. The van der Waals surface area contributed by atoms with Gasteiger partial charge in [0, 0.05) is 43.5 Å². The number of carbonyl (C=O) groups is 1. The summed E-state index contributed by atoms with van der Waals surface area (Å²) in [6.07, 6.45) is 6.23. The molecular weight excluding hydrogens is 366 g/mol. The van der Waals surface area contributed by atoms with Crippen molar-refractivity contribution in [2.45, 2.75) is 52.5 Å². The van der Waals surface area contributed by atoms with E-state index < -0.39 is 0 Å². The van der Waals surface area contributed by atoms with Gasteiger partial charge in [-0.15, -0.1) is 0 Å². The van der Waals surface area contributed by atoms with Crippen LogP contribution in [0.25, 0.3) is 11.3 Å². The Labute approximate surface area is 170 Å². The van der Waals surface area contributed by atoms with E-state index in [0.717, 1.165) is 66.6 Å². The summed E-state index contributed by atoms with van der Waals surface area (Å²) in [5, 5.41) is 4.11. The molecule has 3 aromatic heterocycles. The molecule has 0 atom stereocenters. The zero-order chi connectivity index (χ0) is 20.4. The van der Waals surface area contributed by atoms with E-state index in [4.69, 9.17) is 9.51 Å². The number of imidazole rings is 1. The molecule has 4 rings (SSSR count). The van der Waals surface area contributed by atoms with Crippen molar-refractivity contribution in [1.29, 1.82) is 0 Å². The lowest BCUT2D eigenvalue weighted by atomic mass is 9.92. The molecule has 0 unspecified atom stereocenters. The van der Waals surface area contributed by atoms with E-state index >= 15 is 0 Å². The molecule has 0 aromatic carbocycles. The van der Waals surface area contributed by atoms with Crippen molar-refractivity contribution in [3.8, 4) is 11.3 Å². The molecule has 0 aliphatic carbocycles. The summed E-state index contributed by atoms with van der Waals surface area (Å²) < 4.78 is 7.33. The number of rotatable bonds is 5. The van der Waals surface area contributed by atoms with E-state index in [1.165, 1.54) is 0 Å². The van der Waals surface area contributed by atoms with Crippen LogP contribution in [0.2, 0.25) is 0 Å². The Kier molecular flexibility index (Phi) is 5.47. The summed E-state index contributed by atoms with van der Waals surface area (Å²) in [6, 6.07) is 6.17. The second-order valence-electron chi connectivity index (χ2n) is 7.62. The van der Waals surface area contributed by atoms with Crippen molar-refractivity contribution in [2.24, 2.45) is 0 Å². The number of piperidine rings is 1. The van der Waals surface area contributed by atoms with Gasteiger partial charge < -0.3 is 14.0 Å². The van der Waals surface area contributed by atoms with Crippen LogP contribution in [0.5, 0.6) is 0 Å². The molecule has 29 heavy (non-hydrogen) atoms. The van der Waals surface area contributed by atoms with Crippen LogP contribution >= 0.6 is 0 Å². The number of hydrogen-bond donors (Lipinski definition) is 0. The van der Waals surface area contributed by atoms with Gasteiger partial charge in [-0.3, -0.25) is 9.78 Å². The molecule has 0 N–H and O–H groups in total. The summed E-state index contributed by atoms with van der Waals surface area (Å²) in [4.78, 5) is 23.7. The lowest BCUT2D eigenvalue weighted by Crippen LogP contribution is -2.39. The molecule has 4 heterocycles. The quantitative estimate of drug-likeness (QED) is 0.663. The summed E-state index contributed by atoms with van der Waals surface area (Å²) in [7, 11) is 0. The van der Waals surface area contributed by atoms with E-state index in [0.29, 0.717) is 12.5 Å². The maximum Gasteiger partial charge on any atom is 0.242 e. The van der Waals surface area contributed by atoms with Crippen LogP contribution in [-0.2, 0) is 17.8 Å². The monoisotopic (exact) mass is 393 g/mol. The number of amides is 1. The first-order chi connectivity index (χ1) is 14.1. The minimum atomic E-state index is 0.152. The van der Waals surface area contributed by atoms with Crippen LogP contribution in [0.3, 0.4) is 0 Å². The predicted octanol–water partition coefficient (Wildman–Crippen LogP) is 3.52. The molecule has 7 nitrogen and oxygen atoms in total. The van der Waals surface area contributed by atoms with Crippen molar-refractivity contribution in [3.63, 3.8) is 0 Å². The molecular formula is C22H27N5O2. The van der Waals surface area contributed by atoms with Crippen molar-refractivity contribution in [1.82, 2.24) is 24.6 Å². The molecule has 3 aromatic rings. The Hall–Kier alpha value is -2.96. The fourth-order valence-corrected chi connectivity index (χ4v) is 4.05. The Morgan fingerprint density at radius 2 is 2.03 bits per heavy atom. The van der Waals surface area contributed by atoms with E-state index in [2.05, 4.69) is 29.2 Å². The predicted molar refractivity (Wildman–Crippen MR) is 109 cm³/mol. The zero-order valence-corrected chi connectivity index (χ0v) is 17.3. The molecule has 7 heteroatoms. The third kappa shape index (κ3) is 3.95. The third-order valence-corrected chi connectivity index (χ3v) is 5.78. The van der Waals surface area contributed by atoms with Crippen molar-refractivity contribution in [2.75, 3.05) is 13.1 Å². The first-order valence-electron chi connectivity index (χ1n) is 10.2. The second-order valence-corrected chi connectivity index (χ2v) is 7.62. The number of likely N-dealkylation sites (tertiary alicyclic amines) is 1. The second kappa shape index (κ2) is 8.19. The lowest BCUT2D eigenvalue weighted by molar-refractivity contribution is -0.132. The van der Waals surface area contributed by atoms with Gasteiger partial charge in [-0.05, 0) is 38.8 Å². The maximum absolute atomic E-state index is 12.6. The van der Waals surface area contributed by atoms with Gasteiger partial charge in [-0.25, -0.2) is 4.98 Å². The average molecular weight is 393 g/mol. The van der Waals surface area contributed by atoms with Crippen LogP contribution in [0.1, 0.15) is 48.7 Å². The van der Waals surface area contributed by atoms with Crippen LogP contribution in [0, 0.1) is 13.8 Å². The van der Waals surface area contributed by atoms with Gasteiger partial charge in [-0.1, -0.05) is 18.1 Å². The Morgan fingerprint density at radius 1 is 1.24 bits per heavy atom. The molecule has 0 spiro atoms. The fraction of sp³-hybridized carbons (Fsp3) is 0.455. The first kappa shape index (κ1) is 19.4. The van der Waals surface area contributed by atoms with Gasteiger partial charge in [0.2, 0.25) is 5.91 Å². The van der Waals surface area contributed by atoms with Gasteiger partial charge in [0.25, 0.3) is 0 Å². The van der Waals surface area contributed by atoms with Crippen LogP contribution in [0.15, 0.2) is 35.1 Å². The minimum Gasteiger partial charge on any atom is -0.360 e. The first-order valence-corrected chi connectivity index (χ1v) is 10.2. The highest BCUT2D eigenvalue weighted by Gasteiger charge is 2.25. The number of aromatic nitrogens is 4. The number of carbonyl (C=O) groups excluding carboxylic acids is 1. The van der Waals surface area contributed by atoms with Crippen molar-refractivity contribution in [3.05, 3.63) is 53.6 Å². The topological polar surface area (TPSA) is 77.0 Å². The van der Waals surface area contributed by atoms with Crippen LogP contribution in [-0.4, -0.2) is 43.6 Å². The van der Waals surface area contributed by atoms with Crippen LogP contribution < -0.4 is 0 Å². The van der Waals surface area contributed by atoms with Crippen molar-refractivity contribution < 1.29 is 9.32 Å². The summed E-state index contributed by atoms with van der Waals surface area (Å²) in [5.41, 5.74) is 3.90. The lowest BCUT2D eigenvalue weighted by Gasteiger charge is -2.32. The normalized spacial score (nSPS) is 15.1. The highest BCUT2D eigenvalue weighted by molar-refractivity contribution is 5.76.